The highest BCUT2D eigenvalue weighted by atomic mass is 16.6. The van der Waals surface area contributed by atoms with E-state index < -0.39 is 0 Å². The quantitative estimate of drug-likeness (QED) is 0.843. The largest absolute Gasteiger partial charge is 0.449 e. The Morgan fingerprint density at radius 2 is 1.64 bits per heavy atom. The SMILES string of the molecule is CC(C)COC(=O)N1CCN(C(=O)c2ccc(NC(=O)C3CC3C)cc2)CC1. The molecule has 0 spiro atoms. The Balaban J connectivity index is 1.48. The van der Waals surface area contributed by atoms with E-state index in [0.717, 1.165) is 6.42 Å². The first-order valence-electron chi connectivity index (χ1n) is 9.97. The Morgan fingerprint density at radius 3 is 2.18 bits per heavy atom. The molecule has 1 heterocycles. The van der Waals surface area contributed by atoms with Crippen LogP contribution in [0.5, 0.6) is 0 Å². The van der Waals surface area contributed by atoms with Crippen molar-refractivity contribution in [3.05, 3.63) is 29.8 Å². The van der Waals surface area contributed by atoms with Gasteiger partial charge in [-0.3, -0.25) is 9.59 Å². The van der Waals surface area contributed by atoms with Crippen molar-refractivity contribution in [2.24, 2.45) is 17.8 Å². The fourth-order valence-corrected chi connectivity index (χ4v) is 3.22. The fourth-order valence-electron chi connectivity index (χ4n) is 3.22. The number of hydrogen-bond donors (Lipinski definition) is 1. The molecule has 1 N–H and O–H groups in total. The third kappa shape index (κ3) is 5.03. The summed E-state index contributed by atoms with van der Waals surface area (Å²) in [5.74, 6) is 0.857. The first-order chi connectivity index (χ1) is 13.3. The van der Waals surface area contributed by atoms with E-state index in [2.05, 4.69) is 12.2 Å². The molecule has 0 aromatic heterocycles. The first kappa shape index (κ1) is 20.2. The number of anilines is 1. The van der Waals surface area contributed by atoms with E-state index in [-0.39, 0.29) is 23.8 Å². The van der Waals surface area contributed by atoms with Crippen molar-refractivity contribution in [1.82, 2.24) is 9.80 Å². The highest BCUT2D eigenvalue weighted by molar-refractivity contribution is 5.97. The summed E-state index contributed by atoms with van der Waals surface area (Å²) in [4.78, 5) is 40.1. The van der Waals surface area contributed by atoms with E-state index in [1.165, 1.54) is 0 Å². The van der Waals surface area contributed by atoms with Crippen molar-refractivity contribution in [3.63, 3.8) is 0 Å². The predicted molar refractivity (Wildman–Crippen MR) is 106 cm³/mol. The van der Waals surface area contributed by atoms with Gasteiger partial charge in [0.25, 0.3) is 5.91 Å². The third-order valence-corrected chi connectivity index (χ3v) is 5.21. The van der Waals surface area contributed by atoms with Crippen LogP contribution in [-0.4, -0.2) is 60.5 Å². The molecule has 7 heteroatoms. The molecule has 1 saturated heterocycles. The van der Waals surface area contributed by atoms with Gasteiger partial charge in [-0.25, -0.2) is 4.79 Å². The summed E-state index contributed by atoms with van der Waals surface area (Å²) in [7, 11) is 0. The van der Waals surface area contributed by atoms with E-state index in [4.69, 9.17) is 4.74 Å². The zero-order valence-electron chi connectivity index (χ0n) is 16.8. The Kier molecular flexibility index (Phi) is 6.21. The standard InChI is InChI=1S/C21H29N3O4/c1-14(2)13-28-21(27)24-10-8-23(9-11-24)20(26)16-4-6-17(7-5-16)22-19(25)18-12-15(18)3/h4-7,14-15,18H,8-13H2,1-3H3,(H,22,25). The van der Waals surface area contributed by atoms with Gasteiger partial charge in [-0.2, -0.15) is 0 Å². The van der Waals surface area contributed by atoms with Crippen molar-refractivity contribution < 1.29 is 19.1 Å². The lowest BCUT2D eigenvalue weighted by Crippen LogP contribution is -2.50. The van der Waals surface area contributed by atoms with Crippen LogP contribution in [0.1, 0.15) is 37.6 Å². The van der Waals surface area contributed by atoms with Gasteiger partial charge in [0.1, 0.15) is 0 Å². The normalized spacial score (nSPS) is 21.4. The van der Waals surface area contributed by atoms with Gasteiger partial charge in [0.05, 0.1) is 6.61 Å². The summed E-state index contributed by atoms with van der Waals surface area (Å²) in [6.07, 6.45) is 0.630. The number of nitrogens with one attached hydrogen (secondary N) is 1. The van der Waals surface area contributed by atoms with Gasteiger partial charge in [0.15, 0.2) is 0 Å². The topological polar surface area (TPSA) is 79.0 Å². The molecule has 1 aliphatic heterocycles. The van der Waals surface area contributed by atoms with Gasteiger partial charge in [0, 0.05) is 43.3 Å². The maximum absolute atomic E-state index is 12.7. The minimum atomic E-state index is -0.314. The molecule has 1 aromatic rings. The summed E-state index contributed by atoms with van der Waals surface area (Å²) in [6.45, 7) is 8.35. The Morgan fingerprint density at radius 1 is 1.07 bits per heavy atom. The van der Waals surface area contributed by atoms with E-state index in [9.17, 15) is 14.4 Å². The molecule has 1 aromatic carbocycles. The molecule has 152 valence electrons. The first-order valence-corrected chi connectivity index (χ1v) is 9.97. The number of nitrogens with zero attached hydrogens (tertiary/aromatic N) is 2. The van der Waals surface area contributed by atoms with E-state index in [1.54, 1.807) is 34.1 Å². The van der Waals surface area contributed by atoms with Crippen LogP contribution in [0.4, 0.5) is 10.5 Å². The molecular formula is C21H29N3O4. The van der Waals surface area contributed by atoms with Gasteiger partial charge in [-0.1, -0.05) is 20.8 Å². The average Bonchev–Trinajstić information content (AvgIpc) is 3.43. The van der Waals surface area contributed by atoms with Gasteiger partial charge < -0.3 is 19.9 Å². The van der Waals surface area contributed by atoms with Gasteiger partial charge >= 0.3 is 6.09 Å². The minimum Gasteiger partial charge on any atom is -0.449 e. The molecule has 3 rings (SSSR count). The second-order valence-corrected chi connectivity index (χ2v) is 8.14. The smallest absolute Gasteiger partial charge is 0.409 e. The van der Waals surface area contributed by atoms with Crippen LogP contribution >= 0.6 is 0 Å². The molecule has 0 radical (unpaired) electrons. The number of carbonyl (C=O) groups excluding carboxylic acids is 3. The molecule has 1 aliphatic carbocycles. The lowest BCUT2D eigenvalue weighted by Gasteiger charge is -2.34. The molecule has 2 fully saturated rings. The van der Waals surface area contributed by atoms with Crippen LogP contribution in [0.2, 0.25) is 0 Å². The van der Waals surface area contributed by atoms with E-state index in [1.807, 2.05) is 13.8 Å². The number of amides is 3. The minimum absolute atomic E-state index is 0.0482. The lowest BCUT2D eigenvalue weighted by atomic mass is 10.1. The Bertz CT molecular complexity index is 724. The maximum Gasteiger partial charge on any atom is 0.409 e. The summed E-state index contributed by atoms with van der Waals surface area (Å²) < 4.78 is 5.24. The molecule has 2 unspecified atom stereocenters. The maximum atomic E-state index is 12.7. The molecule has 0 bridgehead atoms. The lowest BCUT2D eigenvalue weighted by molar-refractivity contribution is -0.117. The molecular weight excluding hydrogens is 358 g/mol. The second kappa shape index (κ2) is 8.63. The van der Waals surface area contributed by atoms with Crippen LogP contribution < -0.4 is 5.32 Å². The number of piperazine rings is 1. The van der Waals surface area contributed by atoms with Crippen molar-refractivity contribution in [1.29, 1.82) is 0 Å². The van der Waals surface area contributed by atoms with E-state index >= 15 is 0 Å². The summed E-state index contributed by atoms with van der Waals surface area (Å²) in [6, 6.07) is 6.99. The highest BCUT2D eigenvalue weighted by Crippen LogP contribution is 2.38. The number of ether oxygens (including phenoxy) is 1. The average molecular weight is 387 g/mol. The van der Waals surface area contributed by atoms with Crippen LogP contribution in [0.15, 0.2) is 24.3 Å². The fraction of sp³-hybridized carbons (Fsp3) is 0.571. The number of hydrogen-bond acceptors (Lipinski definition) is 4. The Hall–Kier alpha value is -2.57. The second-order valence-electron chi connectivity index (χ2n) is 8.14. The van der Waals surface area contributed by atoms with Crippen molar-refractivity contribution in [2.45, 2.75) is 27.2 Å². The van der Waals surface area contributed by atoms with Crippen molar-refractivity contribution >= 4 is 23.6 Å². The van der Waals surface area contributed by atoms with Crippen LogP contribution in [-0.2, 0) is 9.53 Å². The molecule has 28 heavy (non-hydrogen) atoms. The predicted octanol–water partition coefficient (Wildman–Crippen LogP) is 2.83. The molecule has 1 saturated carbocycles. The highest BCUT2D eigenvalue weighted by Gasteiger charge is 2.39. The Labute approximate surface area is 166 Å². The number of carbonyl (C=O) groups is 3. The molecule has 2 aliphatic rings. The monoisotopic (exact) mass is 387 g/mol. The number of rotatable bonds is 5. The van der Waals surface area contributed by atoms with E-state index in [0.29, 0.717) is 55.9 Å². The van der Waals surface area contributed by atoms with Crippen LogP contribution in [0, 0.1) is 17.8 Å². The zero-order chi connectivity index (χ0) is 20.3. The van der Waals surface area contributed by atoms with Gasteiger partial charge in [-0.05, 0) is 42.5 Å². The summed E-state index contributed by atoms with van der Waals surface area (Å²) in [5.41, 5.74) is 1.28. The molecule has 7 nitrogen and oxygen atoms in total. The van der Waals surface area contributed by atoms with Gasteiger partial charge in [0.2, 0.25) is 5.91 Å². The number of benzene rings is 1. The summed E-state index contributed by atoms with van der Waals surface area (Å²) in [5, 5.41) is 2.90. The van der Waals surface area contributed by atoms with Gasteiger partial charge in [-0.15, -0.1) is 0 Å². The van der Waals surface area contributed by atoms with Crippen molar-refractivity contribution in [3.8, 4) is 0 Å². The van der Waals surface area contributed by atoms with Crippen molar-refractivity contribution in [2.75, 3.05) is 38.1 Å². The van der Waals surface area contributed by atoms with Crippen LogP contribution in [0.25, 0.3) is 0 Å². The van der Waals surface area contributed by atoms with Crippen LogP contribution in [0.3, 0.4) is 0 Å². The third-order valence-electron chi connectivity index (χ3n) is 5.21. The summed E-state index contributed by atoms with van der Waals surface area (Å²) >= 11 is 0. The molecule has 3 amide bonds. The zero-order valence-corrected chi connectivity index (χ0v) is 16.8. The molecule has 2 atom stereocenters.